The first-order valence-electron chi connectivity index (χ1n) is 7.90. The van der Waals surface area contributed by atoms with Crippen LogP contribution in [0.3, 0.4) is 0 Å². The van der Waals surface area contributed by atoms with Crippen LogP contribution in [0.25, 0.3) is 10.8 Å². The lowest BCUT2D eigenvalue weighted by atomic mass is 10.0. The molecule has 2 N–H and O–H groups in total. The summed E-state index contributed by atoms with van der Waals surface area (Å²) in [6.07, 6.45) is 0.242. The molecule has 3 aromatic rings. The van der Waals surface area contributed by atoms with E-state index < -0.39 is 0 Å². The summed E-state index contributed by atoms with van der Waals surface area (Å²) >= 11 is 3.35. The molecule has 0 aliphatic heterocycles. The number of carbonyl (C=O) groups is 2. The molecule has 0 aromatic heterocycles. The van der Waals surface area contributed by atoms with Gasteiger partial charge in [0.2, 0.25) is 11.8 Å². The molecule has 0 saturated carbocycles. The molecule has 0 heterocycles. The van der Waals surface area contributed by atoms with Crippen LogP contribution in [0.2, 0.25) is 0 Å². The predicted molar refractivity (Wildman–Crippen MR) is 103 cm³/mol. The number of benzene rings is 3. The van der Waals surface area contributed by atoms with Crippen LogP contribution in [0.15, 0.2) is 71.2 Å². The molecule has 0 aliphatic carbocycles. The molecule has 0 radical (unpaired) electrons. The number of halogens is 1. The number of anilines is 1. The molecule has 3 aromatic carbocycles. The van der Waals surface area contributed by atoms with Crippen LogP contribution in [0, 0.1) is 0 Å². The zero-order valence-electron chi connectivity index (χ0n) is 13.5. The maximum absolute atomic E-state index is 12.2. The molecule has 0 spiro atoms. The van der Waals surface area contributed by atoms with Crippen LogP contribution < -0.4 is 10.6 Å². The highest BCUT2D eigenvalue weighted by Gasteiger charge is 2.09. The Morgan fingerprint density at radius 1 is 0.880 bits per heavy atom. The maximum atomic E-state index is 12.2. The van der Waals surface area contributed by atoms with E-state index in [1.165, 1.54) is 0 Å². The van der Waals surface area contributed by atoms with Crippen molar-refractivity contribution in [2.45, 2.75) is 6.42 Å². The fourth-order valence-electron chi connectivity index (χ4n) is 2.63. The van der Waals surface area contributed by atoms with Crippen LogP contribution in [0.1, 0.15) is 5.56 Å². The molecule has 5 heteroatoms. The van der Waals surface area contributed by atoms with Crippen molar-refractivity contribution in [1.29, 1.82) is 0 Å². The van der Waals surface area contributed by atoms with Gasteiger partial charge in [-0.1, -0.05) is 64.5 Å². The molecule has 0 aliphatic rings. The van der Waals surface area contributed by atoms with Gasteiger partial charge in [-0.25, -0.2) is 0 Å². The first kappa shape index (κ1) is 17.2. The second kappa shape index (κ2) is 7.94. The lowest BCUT2D eigenvalue weighted by Gasteiger charge is -2.09. The van der Waals surface area contributed by atoms with Crippen LogP contribution in [0.4, 0.5) is 5.69 Å². The highest BCUT2D eigenvalue weighted by atomic mass is 79.9. The zero-order chi connectivity index (χ0) is 17.6. The van der Waals surface area contributed by atoms with Crippen LogP contribution in [0.5, 0.6) is 0 Å². The van der Waals surface area contributed by atoms with Crippen LogP contribution in [-0.4, -0.2) is 18.4 Å². The molecule has 0 unspecified atom stereocenters. The Labute approximate surface area is 154 Å². The molecular formula is C20H17BrN2O2. The summed E-state index contributed by atoms with van der Waals surface area (Å²) < 4.78 is 0.880. The third kappa shape index (κ3) is 4.67. The van der Waals surface area contributed by atoms with Crippen LogP contribution >= 0.6 is 15.9 Å². The Balaban J connectivity index is 1.56. The molecule has 25 heavy (non-hydrogen) atoms. The van der Waals surface area contributed by atoms with Gasteiger partial charge in [-0.15, -0.1) is 0 Å². The summed E-state index contributed by atoms with van der Waals surface area (Å²) in [7, 11) is 0. The average Bonchev–Trinajstić information content (AvgIpc) is 2.60. The van der Waals surface area contributed by atoms with E-state index >= 15 is 0 Å². The lowest BCUT2D eigenvalue weighted by Crippen LogP contribution is -2.33. The van der Waals surface area contributed by atoms with Gasteiger partial charge < -0.3 is 10.6 Å². The minimum absolute atomic E-state index is 0.0594. The topological polar surface area (TPSA) is 58.2 Å². The summed E-state index contributed by atoms with van der Waals surface area (Å²) in [5.41, 5.74) is 1.63. The summed E-state index contributed by atoms with van der Waals surface area (Å²) in [5.74, 6) is -0.440. The molecule has 126 valence electrons. The first-order valence-corrected chi connectivity index (χ1v) is 8.70. The van der Waals surface area contributed by atoms with E-state index in [1.807, 2.05) is 54.6 Å². The Kier molecular flexibility index (Phi) is 5.46. The van der Waals surface area contributed by atoms with Gasteiger partial charge in [0.25, 0.3) is 0 Å². The Morgan fingerprint density at radius 2 is 1.64 bits per heavy atom. The van der Waals surface area contributed by atoms with E-state index in [0.29, 0.717) is 5.69 Å². The lowest BCUT2D eigenvalue weighted by molar-refractivity contribution is -0.123. The molecule has 0 saturated heterocycles. The highest BCUT2D eigenvalue weighted by Crippen LogP contribution is 2.19. The van der Waals surface area contributed by atoms with Crippen molar-refractivity contribution >= 4 is 44.2 Å². The quantitative estimate of drug-likeness (QED) is 0.686. The minimum atomic E-state index is -0.260. The van der Waals surface area contributed by atoms with Crippen molar-refractivity contribution < 1.29 is 9.59 Å². The fourth-order valence-corrected chi connectivity index (χ4v) is 3.03. The van der Waals surface area contributed by atoms with E-state index in [0.717, 1.165) is 20.8 Å². The SMILES string of the molecule is O=C(Cc1cccc2ccccc12)NCC(=O)Nc1cccc(Br)c1. The number of fused-ring (bicyclic) bond motifs is 1. The molecule has 4 nitrogen and oxygen atoms in total. The van der Waals surface area contributed by atoms with Crippen molar-refractivity contribution in [2.75, 3.05) is 11.9 Å². The molecule has 2 amide bonds. The normalized spacial score (nSPS) is 10.4. The van der Waals surface area contributed by atoms with E-state index in [9.17, 15) is 9.59 Å². The number of amides is 2. The Morgan fingerprint density at radius 3 is 2.48 bits per heavy atom. The average molecular weight is 397 g/mol. The number of rotatable bonds is 5. The molecular weight excluding hydrogens is 380 g/mol. The van der Waals surface area contributed by atoms with Crippen molar-refractivity contribution in [1.82, 2.24) is 5.32 Å². The van der Waals surface area contributed by atoms with E-state index in [1.54, 1.807) is 12.1 Å². The number of hydrogen-bond acceptors (Lipinski definition) is 2. The largest absolute Gasteiger partial charge is 0.347 e. The number of nitrogens with one attached hydrogen (secondary N) is 2. The standard InChI is InChI=1S/C20H17BrN2O2/c21-16-8-4-9-17(12-16)23-20(25)13-22-19(24)11-15-7-3-6-14-5-1-2-10-18(14)15/h1-10,12H,11,13H2,(H,22,24)(H,23,25). The van der Waals surface area contributed by atoms with Crippen molar-refractivity contribution in [2.24, 2.45) is 0 Å². The number of hydrogen-bond donors (Lipinski definition) is 2. The van der Waals surface area contributed by atoms with Gasteiger partial charge in [0.05, 0.1) is 13.0 Å². The smallest absolute Gasteiger partial charge is 0.243 e. The summed E-state index contributed by atoms with van der Waals surface area (Å²) in [6.45, 7) is -0.0594. The van der Waals surface area contributed by atoms with Crippen molar-refractivity contribution in [3.63, 3.8) is 0 Å². The Hall–Kier alpha value is -2.66. The van der Waals surface area contributed by atoms with E-state index in [4.69, 9.17) is 0 Å². The van der Waals surface area contributed by atoms with Gasteiger partial charge >= 0.3 is 0 Å². The van der Waals surface area contributed by atoms with E-state index in [-0.39, 0.29) is 24.8 Å². The molecule has 0 atom stereocenters. The zero-order valence-corrected chi connectivity index (χ0v) is 15.0. The fraction of sp³-hybridized carbons (Fsp3) is 0.100. The van der Waals surface area contributed by atoms with Crippen molar-refractivity contribution in [3.8, 4) is 0 Å². The molecule has 0 fully saturated rings. The highest BCUT2D eigenvalue weighted by molar-refractivity contribution is 9.10. The van der Waals surface area contributed by atoms with Crippen molar-refractivity contribution in [3.05, 3.63) is 76.8 Å². The third-order valence-electron chi connectivity index (χ3n) is 3.79. The summed E-state index contributed by atoms with van der Waals surface area (Å²) in [4.78, 5) is 24.1. The minimum Gasteiger partial charge on any atom is -0.347 e. The molecule has 0 bridgehead atoms. The van der Waals surface area contributed by atoms with Gasteiger partial charge in [0.15, 0.2) is 0 Å². The monoisotopic (exact) mass is 396 g/mol. The second-order valence-electron chi connectivity index (χ2n) is 5.65. The van der Waals surface area contributed by atoms with Gasteiger partial charge in [0, 0.05) is 10.2 Å². The van der Waals surface area contributed by atoms with Gasteiger partial charge in [0.1, 0.15) is 0 Å². The second-order valence-corrected chi connectivity index (χ2v) is 6.57. The van der Waals surface area contributed by atoms with E-state index in [2.05, 4.69) is 26.6 Å². The Bertz CT molecular complexity index is 919. The van der Waals surface area contributed by atoms with Crippen LogP contribution in [-0.2, 0) is 16.0 Å². The third-order valence-corrected chi connectivity index (χ3v) is 4.28. The maximum Gasteiger partial charge on any atom is 0.243 e. The summed E-state index contributed by atoms with van der Waals surface area (Å²) in [5, 5.41) is 7.57. The van der Waals surface area contributed by atoms with Gasteiger partial charge in [-0.2, -0.15) is 0 Å². The first-order chi connectivity index (χ1) is 12.1. The van der Waals surface area contributed by atoms with Gasteiger partial charge in [-0.3, -0.25) is 9.59 Å². The summed E-state index contributed by atoms with van der Waals surface area (Å²) in [6, 6.07) is 21.1. The van der Waals surface area contributed by atoms with Gasteiger partial charge in [-0.05, 0) is 34.5 Å². The predicted octanol–water partition coefficient (Wildman–Crippen LogP) is 3.90. The number of carbonyl (C=O) groups excluding carboxylic acids is 2. The molecule has 3 rings (SSSR count).